The Hall–Kier alpha value is -0.480. The number of carboxylic acids is 1. The molecule has 0 radical (unpaired) electrons. The van der Waals surface area contributed by atoms with Crippen molar-refractivity contribution in [3.05, 3.63) is 33.8 Å². The zero-order valence-corrected chi connectivity index (χ0v) is 9.94. The SMILES string of the molecule is Cl.NC(Cc1ccc(Cl)cc1Cl)C(=O)O. The molecule has 15 heavy (non-hydrogen) atoms. The van der Waals surface area contributed by atoms with Crippen LogP contribution in [0.25, 0.3) is 0 Å². The predicted molar refractivity (Wildman–Crippen MR) is 63.0 cm³/mol. The van der Waals surface area contributed by atoms with Gasteiger partial charge in [-0.2, -0.15) is 0 Å². The van der Waals surface area contributed by atoms with Crippen LogP contribution < -0.4 is 5.73 Å². The van der Waals surface area contributed by atoms with Crippen LogP contribution in [0.15, 0.2) is 18.2 Å². The molecule has 0 bridgehead atoms. The molecule has 1 atom stereocenters. The van der Waals surface area contributed by atoms with Crippen molar-refractivity contribution in [2.45, 2.75) is 12.5 Å². The van der Waals surface area contributed by atoms with Crippen LogP contribution >= 0.6 is 35.6 Å². The average Bonchev–Trinajstić information content (AvgIpc) is 2.09. The Labute approximate surface area is 104 Å². The van der Waals surface area contributed by atoms with Crippen LogP contribution in [0.3, 0.4) is 0 Å². The largest absolute Gasteiger partial charge is 0.480 e. The summed E-state index contributed by atoms with van der Waals surface area (Å²) in [6, 6.07) is 3.95. The van der Waals surface area contributed by atoms with Gasteiger partial charge in [-0.1, -0.05) is 29.3 Å². The summed E-state index contributed by atoms with van der Waals surface area (Å²) in [7, 11) is 0. The smallest absolute Gasteiger partial charge is 0.320 e. The van der Waals surface area contributed by atoms with Crippen molar-refractivity contribution in [2.24, 2.45) is 5.73 Å². The molecular formula is C9H10Cl3NO2. The molecule has 0 aromatic heterocycles. The van der Waals surface area contributed by atoms with Crippen molar-refractivity contribution in [3.63, 3.8) is 0 Å². The first-order valence-electron chi connectivity index (χ1n) is 3.93. The van der Waals surface area contributed by atoms with Crippen LogP contribution in [0.5, 0.6) is 0 Å². The Balaban J connectivity index is 0.00000196. The lowest BCUT2D eigenvalue weighted by atomic mass is 10.1. The Morgan fingerprint density at radius 1 is 1.47 bits per heavy atom. The summed E-state index contributed by atoms with van der Waals surface area (Å²) >= 11 is 11.5. The van der Waals surface area contributed by atoms with Crippen molar-refractivity contribution in [3.8, 4) is 0 Å². The van der Waals surface area contributed by atoms with Crippen molar-refractivity contribution >= 4 is 41.6 Å². The third-order valence-corrected chi connectivity index (χ3v) is 2.36. The van der Waals surface area contributed by atoms with Crippen molar-refractivity contribution in [1.82, 2.24) is 0 Å². The summed E-state index contributed by atoms with van der Waals surface area (Å²) in [5.74, 6) is -1.05. The van der Waals surface area contributed by atoms with Gasteiger partial charge in [0.25, 0.3) is 0 Å². The lowest BCUT2D eigenvalue weighted by molar-refractivity contribution is -0.138. The van der Waals surface area contributed by atoms with E-state index < -0.39 is 12.0 Å². The highest BCUT2D eigenvalue weighted by Crippen LogP contribution is 2.21. The number of aliphatic carboxylic acids is 1. The lowest BCUT2D eigenvalue weighted by Crippen LogP contribution is -2.32. The molecule has 1 unspecified atom stereocenters. The minimum Gasteiger partial charge on any atom is -0.480 e. The molecule has 0 aliphatic carbocycles. The highest BCUT2D eigenvalue weighted by molar-refractivity contribution is 6.35. The van der Waals surface area contributed by atoms with Gasteiger partial charge >= 0.3 is 5.97 Å². The molecule has 3 nitrogen and oxygen atoms in total. The van der Waals surface area contributed by atoms with Gasteiger partial charge in [0.1, 0.15) is 6.04 Å². The van der Waals surface area contributed by atoms with Crippen LogP contribution in [-0.2, 0) is 11.2 Å². The van der Waals surface area contributed by atoms with E-state index in [2.05, 4.69) is 0 Å². The molecule has 6 heteroatoms. The molecule has 1 aromatic rings. The first-order valence-corrected chi connectivity index (χ1v) is 4.68. The molecule has 0 spiro atoms. The second kappa shape index (κ2) is 6.18. The van der Waals surface area contributed by atoms with E-state index in [1.165, 1.54) is 0 Å². The maximum atomic E-state index is 10.5. The quantitative estimate of drug-likeness (QED) is 0.886. The van der Waals surface area contributed by atoms with Gasteiger partial charge in [-0.25, -0.2) is 0 Å². The topological polar surface area (TPSA) is 63.3 Å². The Morgan fingerprint density at radius 2 is 2.07 bits per heavy atom. The maximum absolute atomic E-state index is 10.5. The molecule has 0 heterocycles. The van der Waals surface area contributed by atoms with E-state index in [4.69, 9.17) is 34.0 Å². The van der Waals surface area contributed by atoms with E-state index in [1.807, 2.05) is 0 Å². The van der Waals surface area contributed by atoms with E-state index in [0.29, 0.717) is 15.6 Å². The maximum Gasteiger partial charge on any atom is 0.320 e. The monoisotopic (exact) mass is 269 g/mol. The zero-order valence-electron chi connectivity index (χ0n) is 7.61. The average molecular weight is 271 g/mol. The number of benzene rings is 1. The molecule has 0 saturated carbocycles. The molecule has 0 amide bonds. The number of hydrogen-bond donors (Lipinski definition) is 2. The van der Waals surface area contributed by atoms with Gasteiger partial charge in [0.15, 0.2) is 0 Å². The summed E-state index contributed by atoms with van der Waals surface area (Å²) in [5, 5.41) is 9.55. The van der Waals surface area contributed by atoms with E-state index >= 15 is 0 Å². The van der Waals surface area contributed by atoms with Gasteiger partial charge in [-0.3, -0.25) is 4.79 Å². The molecule has 0 fully saturated rings. The number of hydrogen-bond acceptors (Lipinski definition) is 2. The summed E-state index contributed by atoms with van der Waals surface area (Å²) in [4.78, 5) is 10.5. The van der Waals surface area contributed by atoms with Gasteiger partial charge in [0, 0.05) is 10.0 Å². The molecular weight excluding hydrogens is 260 g/mol. The van der Waals surface area contributed by atoms with Crippen molar-refractivity contribution < 1.29 is 9.90 Å². The highest BCUT2D eigenvalue weighted by Gasteiger charge is 2.13. The second-order valence-corrected chi connectivity index (χ2v) is 3.73. The van der Waals surface area contributed by atoms with Gasteiger partial charge in [0.2, 0.25) is 0 Å². The highest BCUT2D eigenvalue weighted by atomic mass is 35.5. The second-order valence-electron chi connectivity index (χ2n) is 2.88. The lowest BCUT2D eigenvalue weighted by Gasteiger charge is -2.08. The number of carboxylic acid groups (broad SMARTS) is 1. The van der Waals surface area contributed by atoms with E-state index in [0.717, 1.165) is 0 Å². The minimum atomic E-state index is -1.05. The fourth-order valence-corrected chi connectivity index (χ4v) is 1.50. The molecule has 1 rings (SSSR count). The molecule has 1 aromatic carbocycles. The fraction of sp³-hybridized carbons (Fsp3) is 0.222. The Kier molecular flexibility index (Phi) is 5.98. The fourth-order valence-electron chi connectivity index (χ4n) is 1.01. The van der Waals surface area contributed by atoms with Gasteiger partial charge < -0.3 is 10.8 Å². The van der Waals surface area contributed by atoms with Crippen LogP contribution in [-0.4, -0.2) is 17.1 Å². The first-order chi connectivity index (χ1) is 6.50. The first kappa shape index (κ1) is 14.5. The molecule has 0 saturated heterocycles. The summed E-state index contributed by atoms with van der Waals surface area (Å²) in [5.41, 5.74) is 6.05. The van der Waals surface area contributed by atoms with E-state index in [9.17, 15) is 4.79 Å². The number of rotatable bonds is 3. The van der Waals surface area contributed by atoms with E-state index in [1.54, 1.807) is 18.2 Å². The van der Waals surface area contributed by atoms with Crippen molar-refractivity contribution in [2.75, 3.05) is 0 Å². The number of carbonyl (C=O) groups is 1. The summed E-state index contributed by atoms with van der Waals surface area (Å²) < 4.78 is 0. The molecule has 3 N–H and O–H groups in total. The Bertz CT molecular complexity index is 357. The van der Waals surface area contributed by atoms with Gasteiger partial charge in [-0.15, -0.1) is 12.4 Å². The van der Waals surface area contributed by atoms with E-state index in [-0.39, 0.29) is 18.8 Å². The number of halogens is 3. The van der Waals surface area contributed by atoms with Crippen LogP contribution in [0.1, 0.15) is 5.56 Å². The molecule has 0 aliphatic rings. The Morgan fingerprint density at radius 3 is 2.53 bits per heavy atom. The number of nitrogens with two attached hydrogens (primary N) is 1. The minimum absolute atomic E-state index is 0. The zero-order chi connectivity index (χ0) is 10.7. The predicted octanol–water partition coefficient (Wildman–Crippen LogP) is 2.37. The third kappa shape index (κ3) is 4.26. The molecule has 84 valence electrons. The van der Waals surface area contributed by atoms with Gasteiger partial charge in [0.05, 0.1) is 0 Å². The normalized spacial score (nSPS) is 11.7. The van der Waals surface area contributed by atoms with Crippen LogP contribution in [0.4, 0.5) is 0 Å². The van der Waals surface area contributed by atoms with Crippen molar-refractivity contribution in [1.29, 1.82) is 0 Å². The standard InChI is InChI=1S/C9H9Cl2NO2.ClH/c10-6-2-1-5(7(11)4-6)3-8(12)9(13)14;/h1-2,4,8H,3,12H2,(H,13,14);1H. The summed E-state index contributed by atoms with van der Waals surface area (Å²) in [6.07, 6.45) is 0.200. The summed E-state index contributed by atoms with van der Waals surface area (Å²) in [6.45, 7) is 0. The third-order valence-electron chi connectivity index (χ3n) is 1.77. The molecule has 0 aliphatic heterocycles. The van der Waals surface area contributed by atoms with Crippen LogP contribution in [0.2, 0.25) is 10.0 Å². The van der Waals surface area contributed by atoms with Gasteiger partial charge in [-0.05, 0) is 24.1 Å². The van der Waals surface area contributed by atoms with Crippen LogP contribution in [0, 0.1) is 0 Å².